The highest BCUT2D eigenvalue weighted by molar-refractivity contribution is 4.87. The van der Waals surface area contributed by atoms with Gasteiger partial charge in [-0.25, -0.2) is 0 Å². The summed E-state index contributed by atoms with van der Waals surface area (Å²) in [5.41, 5.74) is 5.27. The second-order valence-corrected chi connectivity index (χ2v) is 2.19. The number of nitrogens with two attached hydrogens (primary N) is 1. The Bertz CT molecular complexity index is 106. The summed E-state index contributed by atoms with van der Waals surface area (Å²) < 4.78 is 0. The molecule has 0 aliphatic heterocycles. The zero-order valence-electron chi connectivity index (χ0n) is 6.43. The Labute approximate surface area is 62.2 Å². The molecule has 0 aliphatic carbocycles. The minimum Gasteiger partial charge on any atom is -0.330 e. The lowest BCUT2D eigenvalue weighted by Gasteiger charge is -2.06. The molecular weight excluding hydrogens is 126 g/mol. The van der Waals surface area contributed by atoms with E-state index >= 15 is 0 Å². The maximum absolute atomic E-state index is 8.48. The van der Waals surface area contributed by atoms with Crippen molar-refractivity contribution in [2.75, 3.05) is 13.1 Å². The second-order valence-electron chi connectivity index (χ2n) is 2.19. The van der Waals surface area contributed by atoms with Crippen LogP contribution >= 0.6 is 0 Å². The summed E-state index contributed by atoms with van der Waals surface area (Å²) >= 11 is 0. The summed E-state index contributed by atoms with van der Waals surface area (Å²) in [6, 6.07) is 2.16. The molecule has 0 aromatic carbocycles. The molecule has 3 heteroatoms. The van der Waals surface area contributed by atoms with Gasteiger partial charge >= 0.3 is 0 Å². The van der Waals surface area contributed by atoms with Crippen LogP contribution in [-0.2, 0) is 0 Å². The summed E-state index contributed by atoms with van der Waals surface area (Å²) in [4.78, 5) is 0. The van der Waals surface area contributed by atoms with Crippen LogP contribution in [0.2, 0.25) is 0 Å². The van der Waals surface area contributed by atoms with Crippen molar-refractivity contribution >= 4 is 0 Å². The Morgan fingerprint density at radius 1 is 1.70 bits per heavy atom. The Morgan fingerprint density at radius 2 is 2.40 bits per heavy atom. The average molecular weight is 141 g/mol. The molecule has 0 aromatic rings. The normalized spacial score (nSPS) is 12.5. The van der Waals surface area contributed by atoms with Gasteiger partial charge in [0, 0.05) is 0 Å². The van der Waals surface area contributed by atoms with Gasteiger partial charge in [0.25, 0.3) is 0 Å². The van der Waals surface area contributed by atoms with Gasteiger partial charge in [-0.2, -0.15) is 5.26 Å². The molecular formula is C7H15N3. The van der Waals surface area contributed by atoms with Crippen LogP contribution in [0.4, 0.5) is 0 Å². The molecule has 1 unspecified atom stereocenters. The topological polar surface area (TPSA) is 61.8 Å². The van der Waals surface area contributed by atoms with Gasteiger partial charge < -0.3 is 11.1 Å². The van der Waals surface area contributed by atoms with E-state index in [2.05, 4.69) is 11.4 Å². The number of hydrogen-bond acceptors (Lipinski definition) is 3. The van der Waals surface area contributed by atoms with Crippen molar-refractivity contribution in [3.8, 4) is 6.07 Å². The van der Waals surface area contributed by atoms with Gasteiger partial charge in [-0.05, 0) is 25.9 Å². The fraction of sp³-hybridized carbons (Fsp3) is 0.857. The zero-order chi connectivity index (χ0) is 7.82. The van der Waals surface area contributed by atoms with E-state index in [0.29, 0.717) is 6.54 Å². The molecule has 0 saturated carbocycles. The van der Waals surface area contributed by atoms with E-state index in [9.17, 15) is 0 Å². The highest BCUT2D eigenvalue weighted by Gasteiger charge is 1.99. The minimum atomic E-state index is 0.00606. The maximum Gasteiger partial charge on any atom is 0.0950 e. The van der Waals surface area contributed by atoms with Crippen molar-refractivity contribution in [1.82, 2.24) is 5.32 Å². The Morgan fingerprint density at radius 3 is 2.80 bits per heavy atom. The van der Waals surface area contributed by atoms with E-state index in [1.807, 2.05) is 6.92 Å². The predicted molar refractivity (Wildman–Crippen MR) is 41.4 cm³/mol. The highest BCUT2D eigenvalue weighted by Crippen LogP contribution is 1.86. The minimum absolute atomic E-state index is 0.00606. The van der Waals surface area contributed by atoms with Gasteiger partial charge in [0.05, 0.1) is 12.1 Å². The first-order valence-corrected chi connectivity index (χ1v) is 3.68. The van der Waals surface area contributed by atoms with E-state index in [-0.39, 0.29) is 6.04 Å². The van der Waals surface area contributed by atoms with Gasteiger partial charge in [-0.1, -0.05) is 6.92 Å². The fourth-order valence-electron chi connectivity index (χ4n) is 0.660. The summed E-state index contributed by atoms with van der Waals surface area (Å²) in [6.07, 6.45) is 1.80. The molecule has 0 spiro atoms. The van der Waals surface area contributed by atoms with E-state index in [0.717, 1.165) is 19.4 Å². The van der Waals surface area contributed by atoms with E-state index < -0.39 is 0 Å². The van der Waals surface area contributed by atoms with Crippen LogP contribution in [0.5, 0.6) is 0 Å². The molecule has 0 radical (unpaired) electrons. The molecule has 0 aliphatic rings. The third kappa shape index (κ3) is 4.30. The quantitative estimate of drug-likeness (QED) is 0.539. The van der Waals surface area contributed by atoms with Crippen molar-refractivity contribution in [1.29, 1.82) is 5.26 Å². The fourth-order valence-corrected chi connectivity index (χ4v) is 0.660. The van der Waals surface area contributed by atoms with E-state index in [1.54, 1.807) is 0 Å². The molecule has 0 saturated heterocycles. The van der Waals surface area contributed by atoms with Crippen LogP contribution < -0.4 is 11.1 Å². The SMILES string of the molecule is CCC(C#N)NCCCN. The number of nitriles is 1. The van der Waals surface area contributed by atoms with Gasteiger partial charge in [-0.3, -0.25) is 0 Å². The monoisotopic (exact) mass is 141 g/mol. The van der Waals surface area contributed by atoms with Crippen molar-refractivity contribution in [2.24, 2.45) is 5.73 Å². The number of rotatable bonds is 5. The van der Waals surface area contributed by atoms with Crippen LogP contribution in [0.3, 0.4) is 0 Å². The Kier molecular flexibility index (Phi) is 6.14. The summed E-state index contributed by atoms with van der Waals surface area (Å²) in [5.74, 6) is 0. The first-order valence-electron chi connectivity index (χ1n) is 3.68. The van der Waals surface area contributed by atoms with Crippen molar-refractivity contribution in [3.05, 3.63) is 0 Å². The van der Waals surface area contributed by atoms with E-state index in [4.69, 9.17) is 11.0 Å². The number of nitrogens with one attached hydrogen (secondary N) is 1. The molecule has 0 rings (SSSR count). The summed E-state index contributed by atoms with van der Waals surface area (Å²) in [7, 11) is 0. The average Bonchev–Trinajstić information content (AvgIpc) is 1.99. The summed E-state index contributed by atoms with van der Waals surface area (Å²) in [5, 5.41) is 11.6. The molecule has 0 amide bonds. The molecule has 0 heterocycles. The highest BCUT2D eigenvalue weighted by atomic mass is 14.9. The lowest BCUT2D eigenvalue weighted by molar-refractivity contribution is 0.573. The van der Waals surface area contributed by atoms with Crippen molar-refractivity contribution in [2.45, 2.75) is 25.8 Å². The molecule has 1 atom stereocenters. The number of nitrogens with zero attached hydrogens (tertiary/aromatic N) is 1. The zero-order valence-corrected chi connectivity index (χ0v) is 6.43. The summed E-state index contributed by atoms with van der Waals surface area (Å²) in [6.45, 7) is 3.53. The smallest absolute Gasteiger partial charge is 0.0950 e. The standard InChI is InChI=1S/C7H15N3/c1-2-7(6-9)10-5-3-4-8/h7,10H,2-5,8H2,1H3. The van der Waals surface area contributed by atoms with Crippen molar-refractivity contribution in [3.63, 3.8) is 0 Å². The van der Waals surface area contributed by atoms with Crippen LogP contribution in [0.15, 0.2) is 0 Å². The second kappa shape index (κ2) is 6.53. The molecule has 0 bridgehead atoms. The lowest BCUT2D eigenvalue weighted by Crippen LogP contribution is -2.28. The number of hydrogen-bond donors (Lipinski definition) is 2. The largest absolute Gasteiger partial charge is 0.330 e. The third-order valence-corrected chi connectivity index (χ3v) is 1.34. The van der Waals surface area contributed by atoms with Crippen LogP contribution in [0, 0.1) is 11.3 Å². The molecule has 58 valence electrons. The Balaban J connectivity index is 3.20. The molecule has 10 heavy (non-hydrogen) atoms. The van der Waals surface area contributed by atoms with Gasteiger partial charge in [0.1, 0.15) is 0 Å². The van der Waals surface area contributed by atoms with Gasteiger partial charge in [0.15, 0.2) is 0 Å². The first-order chi connectivity index (χ1) is 4.85. The van der Waals surface area contributed by atoms with Crippen LogP contribution in [0.25, 0.3) is 0 Å². The Hall–Kier alpha value is -0.590. The van der Waals surface area contributed by atoms with E-state index in [1.165, 1.54) is 0 Å². The van der Waals surface area contributed by atoms with Gasteiger partial charge in [0.2, 0.25) is 0 Å². The first kappa shape index (κ1) is 9.41. The predicted octanol–water partition coefficient (Wildman–Crippen LogP) is 0.227. The molecule has 0 aromatic heterocycles. The van der Waals surface area contributed by atoms with Gasteiger partial charge in [-0.15, -0.1) is 0 Å². The van der Waals surface area contributed by atoms with Crippen LogP contribution in [-0.4, -0.2) is 19.1 Å². The molecule has 3 nitrogen and oxygen atoms in total. The lowest BCUT2D eigenvalue weighted by atomic mass is 10.2. The molecule has 0 fully saturated rings. The molecule has 3 N–H and O–H groups in total. The third-order valence-electron chi connectivity index (χ3n) is 1.34. The maximum atomic E-state index is 8.48. The van der Waals surface area contributed by atoms with Crippen LogP contribution in [0.1, 0.15) is 19.8 Å². The van der Waals surface area contributed by atoms with Crippen molar-refractivity contribution < 1.29 is 0 Å².